The number of rotatable bonds is 6. The molecule has 2 heterocycles. The van der Waals surface area contributed by atoms with Gasteiger partial charge in [-0.1, -0.05) is 23.2 Å². The third kappa shape index (κ3) is 3.87. The Bertz CT molecular complexity index is 1200. The molecular weight excluding hydrogens is 453 g/mol. The number of hydrogen-bond acceptors (Lipinski definition) is 7. The van der Waals surface area contributed by atoms with Crippen LogP contribution in [0.25, 0.3) is 22.2 Å². The van der Waals surface area contributed by atoms with Crippen LogP contribution in [0.1, 0.15) is 26.2 Å². The Balaban J connectivity index is 1.89. The Morgan fingerprint density at radius 2 is 1.88 bits per heavy atom. The second kappa shape index (κ2) is 9.13. The number of nitrogens with one attached hydrogen (secondary N) is 1. The van der Waals surface area contributed by atoms with E-state index in [-0.39, 0.29) is 27.7 Å². The Kier molecular flexibility index (Phi) is 6.46. The molecule has 0 saturated heterocycles. The molecule has 1 aliphatic rings. The minimum absolute atomic E-state index is 0.0670. The first kappa shape index (κ1) is 22.6. The number of benzene rings is 1. The lowest BCUT2D eigenvalue weighted by Crippen LogP contribution is -2.35. The van der Waals surface area contributed by atoms with E-state index in [9.17, 15) is 4.79 Å². The summed E-state index contributed by atoms with van der Waals surface area (Å²) < 4.78 is 12.3. The number of pyridine rings is 1. The molecule has 1 aliphatic carbocycles. The van der Waals surface area contributed by atoms with E-state index in [0.717, 1.165) is 19.3 Å². The maximum Gasteiger partial charge on any atom is 0.260 e. The predicted octanol–water partition coefficient (Wildman–Crippen LogP) is 4.09. The van der Waals surface area contributed by atoms with Crippen molar-refractivity contribution in [3.8, 4) is 22.6 Å². The molecule has 0 unspecified atom stereocenters. The first-order valence-electron chi connectivity index (χ1n) is 10.4. The first-order chi connectivity index (χ1) is 15.4. The van der Waals surface area contributed by atoms with Gasteiger partial charge in [0.15, 0.2) is 0 Å². The molecule has 1 aromatic carbocycles. The van der Waals surface area contributed by atoms with Crippen molar-refractivity contribution in [1.29, 1.82) is 0 Å². The molecule has 3 N–H and O–H groups in total. The Morgan fingerprint density at radius 3 is 2.44 bits per heavy atom. The summed E-state index contributed by atoms with van der Waals surface area (Å²) in [5.74, 6) is 1.16. The number of ether oxygens (including phenoxy) is 2. The van der Waals surface area contributed by atoms with Gasteiger partial charge in [-0.2, -0.15) is 4.98 Å². The van der Waals surface area contributed by atoms with Gasteiger partial charge in [-0.15, -0.1) is 0 Å². The lowest BCUT2D eigenvalue weighted by molar-refractivity contribution is 0.395. The lowest BCUT2D eigenvalue weighted by atomic mass is 10.0. The summed E-state index contributed by atoms with van der Waals surface area (Å²) in [7, 11) is 2.98. The minimum atomic E-state index is -0.277. The number of methoxy groups -OCH3 is 2. The standard InChI is InChI=1S/C22H25Cl2N5O3/c1-4-29-20-11(10-26-22(28-20)27-14-7-5-6-13(14)25)8-12(21(29)30)17-18(23)15(31-2)9-16(32-3)19(17)24/h8-10,13-14H,4-7,25H2,1-3H3,(H,26,27,28)/t13-,14+/m0/s1. The summed E-state index contributed by atoms with van der Waals surface area (Å²) in [5, 5.41) is 4.44. The van der Waals surface area contributed by atoms with E-state index in [1.54, 1.807) is 22.9 Å². The average Bonchev–Trinajstić information content (AvgIpc) is 3.19. The van der Waals surface area contributed by atoms with Gasteiger partial charge in [0.1, 0.15) is 17.1 Å². The molecule has 0 aliphatic heterocycles. The Labute approximate surface area is 195 Å². The number of aryl methyl sites for hydroxylation is 1. The second-order valence-corrected chi connectivity index (χ2v) is 8.47. The zero-order valence-corrected chi connectivity index (χ0v) is 19.6. The van der Waals surface area contributed by atoms with Crippen molar-refractivity contribution < 1.29 is 9.47 Å². The van der Waals surface area contributed by atoms with Gasteiger partial charge in [-0.3, -0.25) is 9.36 Å². The van der Waals surface area contributed by atoms with Crippen LogP contribution >= 0.6 is 23.2 Å². The summed E-state index contributed by atoms with van der Waals surface area (Å²) in [4.78, 5) is 22.6. The molecule has 0 radical (unpaired) electrons. The van der Waals surface area contributed by atoms with Crippen LogP contribution in [0.5, 0.6) is 11.5 Å². The fourth-order valence-corrected chi connectivity index (χ4v) is 4.86. The van der Waals surface area contributed by atoms with Crippen molar-refractivity contribution in [3.63, 3.8) is 0 Å². The van der Waals surface area contributed by atoms with Crippen molar-refractivity contribution in [2.24, 2.45) is 5.73 Å². The largest absolute Gasteiger partial charge is 0.495 e. The summed E-state index contributed by atoms with van der Waals surface area (Å²) in [6, 6.07) is 3.47. The van der Waals surface area contributed by atoms with Gasteiger partial charge in [0, 0.05) is 41.8 Å². The summed E-state index contributed by atoms with van der Waals surface area (Å²) in [6.07, 6.45) is 4.69. The van der Waals surface area contributed by atoms with Crippen LogP contribution in [-0.2, 0) is 6.54 Å². The van der Waals surface area contributed by atoms with Crippen molar-refractivity contribution in [2.75, 3.05) is 19.5 Å². The highest BCUT2D eigenvalue weighted by Gasteiger charge is 2.25. The van der Waals surface area contributed by atoms with Crippen molar-refractivity contribution in [3.05, 3.63) is 38.7 Å². The molecule has 0 spiro atoms. The number of nitrogens with zero attached hydrogens (tertiary/aromatic N) is 3. The molecule has 0 amide bonds. The SMILES string of the molecule is CCn1c(=O)c(-c2c(Cl)c(OC)cc(OC)c2Cl)cc2cnc(N[C@@H]3CCC[C@@H]3N)nc21. The smallest absolute Gasteiger partial charge is 0.260 e. The van der Waals surface area contributed by atoms with Gasteiger partial charge in [0.05, 0.1) is 29.8 Å². The zero-order chi connectivity index (χ0) is 23.0. The molecule has 2 atom stereocenters. The van der Waals surface area contributed by atoms with E-state index >= 15 is 0 Å². The second-order valence-electron chi connectivity index (χ2n) is 7.71. The van der Waals surface area contributed by atoms with Crippen molar-refractivity contribution in [1.82, 2.24) is 14.5 Å². The van der Waals surface area contributed by atoms with Crippen LogP contribution < -0.4 is 26.1 Å². The summed E-state index contributed by atoms with van der Waals surface area (Å²) in [6.45, 7) is 2.28. The molecule has 2 aromatic heterocycles. The lowest BCUT2D eigenvalue weighted by Gasteiger charge is -2.18. The van der Waals surface area contributed by atoms with Gasteiger partial charge in [0.2, 0.25) is 5.95 Å². The van der Waals surface area contributed by atoms with Gasteiger partial charge in [-0.05, 0) is 32.3 Å². The number of halogens is 2. The Morgan fingerprint density at radius 1 is 1.19 bits per heavy atom. The van der Waals surface area contributed by atoms with Crippen LogP contribution in [0.2, 0.25) is 10.0 Å². The molecule has 170 valence electrons. The van der Waals surface area contributed by atoms with E-state index in [1.807, 2.05) is 6.92 Å². The molecule has 10 heteroatoms. The van der Waals surface area contributed by atoms with Gasteiger partial charge in [0.25, 0.3) is 5.56 Å². The van der Waals surface area contributed by atoms with E-state index in [1.165, 1.54) is 14.2 Å². The fourth-order valence-electron chi connectivity index (χ4n) is 4.16. The molecule has 1 fully saturated rings. The van der Waals surface area contributed by atoms with Crippen molar-refractivity contribution >= 4 is 40.2 Å². The van der Waals surface area contributed by atoms with Gasteiger partial charge >= 0.3 is 0 Å². The number of aromatic nitrogens is 3. The molecule has 32 heavy (non-hydrogen) atoms. The topological polar surface area (TPSA) is 104 Å². The summed E-state index contributed by atoms with van der Waals surface area (Å²) in [5.41, 5.74) is 7.06. The molecule has 8 nitrogen and oxygen atoms in total. The third-order valence-corrected chi connectivity index (χ3v) is 6.62. The number of nitrogens with two attached hydrogens (primary N) is 1. The minimum Gasteiger partial charge on any atom is -0.495 e. The van der Waals surface area contributed by atoms with Crippen LogP contribution in [0.15, 0.2) is 23.1 Å². The van der Waals surface area contributed by atoms with Crippen LogP contribution in [0, 0.1) is 0 Å². The monoisotopic (exact) mass is 477 g/mol. The fraction of sp³-hybridized carbons (Fsp3) is 0.409. The van der Waals surface area contributed by atoms with Crippen LogP contribution in [-0.4, -0.2) is 40.8 Å². The quantitative estimate of drug-likeness (QED) is 0.550. The highest BCUT2D eigenvalue weighted by molar-refractivity contribution is 6.41. The maximum absolute atomic E-state index is 13.5. The van der Waals surface area contributed by atoms with Gasteiger partial charge in [-0.25, -0.2) is 4.98 Å². The van der Waals surface area contributed by atoms with Crippen molar-refractivity contribution in [2.45, 2.75) is 44.8 Å². The van der Waals surface area contributed by atoms with Gasteiger partial charge < -0.3 is 20.5 Å². The molecular formula is C22H25Cl2N5O3. The highest BCUT2D eigenvalue weighted by Crippen LogP contribution is 2.45. The van der Waals surface area contributed by atoms with Crippen LogP contribution in [0.3, 0.4) is 0 Å². The normalized spacial score (nSPS) is 18.2. The average molecular weight is 478 g/mol. The molecule has 1 saturated carbocycles. The molecule has 4 rings (SSSR count). The molecule has 0 bridgehead atoms. The first-order valence-corrected chi connectivity index (χ1v) is 11.2. The maximum atomic E-state index is 13.5. The number of anilines is 1. The number of fused-ring (bicyclic) bond motifs is 1. The molecule has 3 aromatic rings. The third-order valence-electron chi connectivity index (χ3n) is 5.87. The zero-order valence-electron chi connectivity index (χ0n) is 18.1. The predicted molar refractivity (Wildman–Crippen MR) is 127 cm³/mol. The van der Waals surface area contributed by atoms with E-state index in [4.69, 9.17) is 38.4 Å². The van der Waals surface area contributed by atoms with E-state index in [2.05, 4.69) is 15.3 Å². The van der Waals surface area contributed by atoms with E-state index in [0.29, 0.717) is 46.2 Å². The summed E-state index contributed by atoms with van der Waals surface area (Å²) >= 11 is 13.1. The van der Waals surface area contributed by atoms with Crippen LogP contribution in [0.4, 0.5) is 5.95 Å². The number of hydrogen-bond donors (Lipinski definition) is 2. The van der Waals surface area contributed by atoms with E-state index < -0.39 is 0 Å². The Hall–Kier alpha value is -2.55. The highest BCUT2D eigenvalue weighted by atomic mass is 35.5.